The predicted molar refractivity (Wildman–Crippen MR) is 81.8 cm³/mol. The van der Waals surface area contributed by atoms with Gasteiger partial charge in [0.05, 0.1) is 23.9 Å². The van der Waals surface area contributed by atoms with Crippen LogP contribution in [0.5, 0.6) is 0 Å². The normalized spacial score (nSPS) is 41.0. The van der Waals surface area contributed by atoms with Gasteiger partial charge in [-0.3, -0.25) is 4.90 Å². The molecule has 20 heavy (non-hydrogen) atoms. The van der Waals surface area contributed by atoms with Crippen molar-refractivity contribution in [2.75, 3.05) is 19.7 Å². The number of morpholine rings is 1. The highest BCUT2D eigenvalue weighted by atomic mass is 16.5. The molecule has 4 unspecified atom stereocenters. The molecule has 4 atom stereocenters. The van der Waals surface area contributed by atoms with Gasteiger partial charge in [0.2, 0.25) is 0 Å². The summed E-state index contributed by atoms with van der Waals surface area (Å²) in [6.45, 7) is 15.8. The van der Waals surface area contributed by atoms with E-state index in [4.69, 9.17) is 15.2 Å². The van der Waals surface area contributed by atoms with Crippen molar-refractivity contribution in [1.82, 2.24) is 4.90 Å². The highest BCUT2D eigenvalue weighted by Crippen LogP contribution is 2.42. The van der Waals surface area contributed by atoms with Crippen LogP contribution in [0.3, 0.4) is 0 Å². The van der Waals surface area contributed by atoms with E-state index in [9.17, 15) is 0 Å². The lowest BCUT2D eigenvalue weighted by molar-refractivity contribution is -0.0907. The van der Waals surface area contributed by atoms with Crippen LogP contribution < -0.4 is 5.73 Å². The molecule has 2 aliphatic heterocycles. The van der Waals surface area contributed by atoms with Crippen LogP contribution in [0.4, 0.5) is 0 Å². The minimum atomic E-state index is -0.242. The second-order valence-electron chi connectivity index (χ2n) is 7.60. The van der Waals surface area contributed by atoms with Crippen molar-refractivity contribution >= 4 is 0 Å². The highest BCUT2D eigenvalue weighted by Gasteiger charge is 2.52. The smallest absolute Gasteiger partial charge is 0.0788 e. The number of nitrogens with zero attached hydrogens (tertiary/aromatic N) is 1. The molecule has 0 aromatic rings. The van der Waals surface area contributed by atoms with Crippen molar-refractivity contribution in [1.29, 1.82) is 0 Å². The van der Waals surface area contributed by atoms with Crippen LogP contribution in [0.15, 0.2) is 0 Å². The van der Waals surface area contributed by atoms with Gasteiger partial charge in [0.15, 0.2) is 0 Å². The first kappa shape index (κ1) is 16.2. The number of nitrogens with two attached hydrogens (primary N) is 1. The maximum Gasteiger partial charge on any atom is 0.0788 e. The fourth-order valence-corrected chi connectivity index (χ4v) is 3.84. The molecule has 0 radical (unpaired) electrons. The number of hydrogen-bond acceptors (Lipinski definition) is 4. The van der Waals surface area contributed by atoms with Crippen molar-refractivity contribution in [2.24, 2.45) is 11.7 Å². The summed E-state index contributed by atoms with van der Waals surface area (Å²) in [5.74, 6) is 0.358. The molecule has 2 rings (SSSR count). The molecule has 0 spiro atoms. The Labute approximate surface area is 124 Å². The first-order valence-electron chi connectivity index (χ1n) is 7.98. The lowest BCUT2D eigenvalue weighted by Crippen LogP contribution is -2.54. The van der Waals surface area contributed by atoms with E-state index >= 15 is 0 Å². The minimum absolute atomic E-state index is 0.0770. The van der Waals surface area contributed by atoms with Crippen molar-refractivity contribution in [3.63, 3.8) is 0 Å². The molecular formula is C16H32N2O2. The monoisotopic (exact) mass is 284 g/mol. The Morgan fingerprint density at radius 3 is 2.35 bits per heavy atom. The Kier molecular flexibility index (Phi) is 4.51. The molecule has 0 aromatic carbocycles. The Morgan fingerprint density at radius 2 is 1.85 bits per heavy atom. The summed E-state index contributed by atoms with van der Waals surface area (Å²) in [6.07, 6.45) is 1.44. The first-order valence-corrected chi connectivity index (χ1v) is 7.98. The standard InChI is InChI=1S/C16H32N2O2/c1-7-12-10-19-11(2)8-18(12)9-13-14(17)16(5,6)20-15(13,3)4/h11-14H,7-10,17H2,1-6H3. The molecule has 0 saturated carbocycles. The Hall–Kier alpha value is -0.160. The Bertz CT molecular complexity index is 343. The van der Waals surface area contributed by atoms with Crippen LogP contribution in [-0.2, 0) is 9.47 Å². The summed E-state index contributed by atoms with van der Waals surface area (Å²) < 4.78 is 12.0. The van der Waals surface area contributed by atoms with E-state index in [1.807, 2.05) is 0 Å². The predicted octanol–water partition coefficient (Wildman–Crippen LogP) is 2.02. The average Bonchev–Trinajstić information content (AvgIpc) is 2.48. The topological polar surface area (TPSA) is 47.7 Å². The Morgan fingerprint density at radius 1 is 1.20 bits per heavy atom. The first-order chi connectivity index (χ1) is 9.17. The van der Waals surface area contributed by atoms with Gasteiger partial charge in [-0.2, -0.15) is 0 Å². The van der Waals surface area contributed by atoms with E-state index in [0.29, 0.717) is 18.1 Å². The van der Waals surface area contributed by atoms with Gasteiger partial charge in [-0.25, -0.2) is 0 Å². The maximum absolute atomic E-state index is 6.49. The molecule has 4 nitrogen and oxygen atoms in total. The molecule has 4 heteroatoms. The van der Waals surface area contributed by atoms with Crippen LogP contribution in [0.2, 0.25) is 0 Å². The van der Waals surface area contributed by atoms with Gasteiger partial charge in [0, 0.05) is 31.1 Å². The van der Waals surface area contributed by atoms with E-state index in [0.717, 1.165) is 26.1 Å². The zero-order valence-corrected chi connectivity index (χ0v) is 14.0. The molecule has 0 bridgehead atoms. The zero-order chi connectivity index (χ0) is 15.1. The maximum atomic E-state index is 6.49. The SMILES string of the molecule is CCC1COC(C)CN1CC1C(N)C(C)(C)OC1(C)C. The van der Waals surface area contributed by atoms with Crippen molar-refractivity contribution in [3.05, 3.63) is 0 Å². The van der Waals surface area contributed by atoms with Crippen LogP contribution in [0, 0.1) is 5.92 Å². The molecule has 118 valence electrons. The van der Waals surface area contributed by atoms with Gasteiger partial charge in [-0.05, 0) is 41.0 Å². The lowest BCUT2D eigenvalue weighted by atomic mass is 9.82. The van der Waals surface area contributed by atoms with Crippen LogP contribution in [0.25, 0.3) is 0 Å². The fraction of sp³-hybridized carbons (Fsp3) is 1.00. The Balaban J connectivity index is 2.11. The van der Waals surface area contributed by atoms with Crippen molar-refractivity contribution in [3.8, 4) is 0 Å². The van der Waals surface area contributed by atoms with Crippen molar-refractivity contribution in [2.45, 2.75) is 77.4 Å². The molecular weight excluding hydrogens is 252 g/mol. The molecule has 2 saturated heterocycles. The minimum Gasteiger partial charge on any atom is -0.376 e. The summed E-state index contributed by atoms with van der Waals surface area (Å²) in [5, 5.41) is 0. The molecule has 2 aliphatic rings. The van der Waals surface area contributed by atoms with Gasteiger partial charge in [0.25, 0.3) is 0 Å². The van der Waals surface area contributed by atoms with Gasteiger partial charge in [0.1, 0.15) is 0 Å². The van der Waals surface area contributed by atoms with Crippen LogP contribution in [-0.4, -0.2) is 54.0 Å². The lowest BCUT2D eigenvalue weighted by Gasteiger charge is -2.42. The third-order valence-electron chi connectivity index (χ3n) is 5.14. The molecule has 2 fully saturated rings. The second kappa shape index (κ2) is 5.56. The van der Waals surface area contributed by atoms with Crippen LogP contribution >= 0.6 is 0 Å². The number of rotatable bonds is 3. The third kappa shape index (κ3) is 3.03. The summed E-state index contributed by atoms with van der Waals surface area (Å²) in [4.78, 5) is 2.56. The molecule has 0 aromatic heterocycles. The van der Waals surface area contributed by atoms with E-state index in [1.54, 1.807) is 0 Å². The summed E-state index contributed by atoms with van der Waals surface area (Å²) in [5.41, 5.74) is 6.08. The van der Waals surface area contributed by atoms with E-state index < -0.39 is 0 Å². The van der Waals surface area contributed by atoms with Crippen molar-refractivity contribution < 1.29 is 9.47 Å². The summed E-state index contributed by atoms with van der Waals surface area (Å²) in [7, 11) is 0. The molecule has 2 N–H and O–H groups in total. The number of hydrogen-bond donors (Lipinski definition) is 1. The largest absolute Gasteiger partial charge is 0.376 e. The summed E-state index contributed by atoms with van der Waals surface area (Å²) in [6, 6.07) is 0.589. The quantitative estimate of drug-likeness (QED) is 0.861. The van der Waals surface area contributed by atoms with E-state index in [-0.39, 0.29) is 17.2 Å². The zero-order valence-electron chi connectivity index (χ0n) is 14.0. The van der Waals surface area contributed by atoms with Gasteiger partial charge >= 0.3 is 0 Å². The third-order valence-corrected chi connectivity index (χ3v) is 5.14. The molecule has 0 amide bonds. The number of ether oxygens (including phenoxy) is 2. The van der Waals surface area contributed by atoms with Gasteiger partial charge in [-0.15, -0.1) is 0 Å². The average molecular weight is 284 g/mol. The molecule has 2 heterocycles. The summed E-state index contributed by atoms with van der Waals surface area (Å²) >= 11 is 0. The fourth-order valence-electron chi connectivity index (χ4n) is 3.84. The van der Waals surface area contributed by atoms with Crippen LogP contribution in [0.1, 0.15) is 48.0 Å². The highest BCUT2D eigenvalue weighted by molar-refractivity contribution is 5.05. The molecule has 0 aliphatic carbocycles. The van der Waals surface area contributed by atoms with Gasteiger partial charge in [-0.1, -0.05) is 6.92 Å². The van der Waals surface area contributed by atoms with Gasteiger partial charge < -0.3 is 15.2 Å². The van der Waals surface area contributed by atoms with E-state index in [1.165, 1.54) is 0 Å². The second-order valence-corrected chi connectivity index (χ2v) is 7.60. The van der Waals surface area contributed by atoms with E-state index in [2.05, 4.69) is 46.4 Å².